The summed E-state index contributed by atoms with van der Waals surface area (Å²) in [6.45, 7) is 0.460. The Morgan fingerprint density at radius 3 is 2.90 bits per heavy atom. The number of anilines is 1. The molecule has 6 heteroatoms. The van der Waals surface area contributed by atoms with Crippen LogP contribution < -0.4 is 11.3 Å². The molecule has 1 amide bonds. The van der Waals surface area contributed by atoms with Gasteiger partial charge in [0.1, 0.15) is 5.69 Å². The molecule has 2 rings (SSSR count). The van der Waals surface area contributed by atoms with Crippen LogP contribution in [0.3, 0.4) is 0 Å². The lowest BCUT2D eigenvalue weighted by molar-refractivity contribution is 0.0779. The minimum absolute atomic E-state index is 0.179. The van der Waals surface area contributed by atoms with E-state index in [1.807, 2.05) is 18.2 Å². The second-order valence-electron chi connectivity index (χ2n) is 4.37. The molecule has 2 aromatic rings. The molecule has 0 unspecified atom stereocenters. The Kier molecular flexibility index (Phi) is 4.55. The van der Waals surface area contributed by atoms with E-state index >= 15 is 0 Å². The Balaban J connectivity index is 2.12. The summed E-state index contributed by atoms with van der Waals surface area (Å²) in [5.74, 6) is 5.14. The first-order chi connectivity index (χ1) is 9.60. The molecule has 20 heavy (non-hydrogen) atoms. The van der Waals surface area contributed by atoms with Crippen LogP contribution in [0, 0.1) is 0 Å². The molecule has 1 heterocycles. The fourth-order valence-corrected chi connectivity index (χ4v) is 2.03. The second-order valence-corrected chi connectivity index (χ2v) is 4.80. The van der Waals surface area contributed by atoms with Gasteiger partial charge >= 0.3 is 0 Å². The first-order valence-corrected chi connectivity index (χ1v) is 6.40. The normalized spacial score (nSPS) is 10.2. The van der Waals surface area contributed by atoms with Gasteiger partial charge in [0, 0.05) is 24.8 Å². The molecule has 1 aromatic carbocycles. The number of carbonyl (C=O) groups excluding carboxylic acids is 1. The van der Waals surface area contributed by atoms with E-state index < -0.39 is 0 Å². The van der Waals surface area contributed by atoms with Gasteiger partial charge in [-0.1, -0.05) is 23.7 Å². The van der Waals surface area contributed by atoms with Crippen LogP contribution >= 0.6 is 11.6 Å². The molecule has 5 nitrogen and oxygen atoms in total. The Bertz CT molecular complexity index is 618. The molecule has 0 saturated heterocycles. The number of carbonyl (C=O) groups is 1. The fourth-order valence-electron chi connectivity index (χ4n) is 1.81. The summed E-state index contributed by atoms with van der Waals surface area (Å²) in [6, 6.07) is 10.7. The molecule has 104 valence electrons. The van der Waals surface area contributed by atoms with Gasteiger partial charge in [0.2, 0.25) is 0 Å². The first kappa shape index (κ1) is 14.3. The summed E-state index contributed by atoms with van der Waals surface area (Å²) >= 11 is 5.93. The van der Waals surface area contributed by atoms with Crippen molar-refractivity contribution in [2.24, 2.45) is 5.84 Å². The highest BCUT2D eigenvalue weighted by Crippen LogP contribution is 2.14. The minimum atomic E-state index is -0.179. The number of hydrazine groups is 1. The van der Waals surface area contributed by atoms with Gasteiger partial charge in [0.25, 0.3) is 5.91 Å². The Morgan fingerprint density at radius 2 is 2.20 bits per heavy atom. The smallest absolute Gasteiger partial charge is 0.272 e. The van der Waals surface area contributed by atoms with Crippen molar-refractivity contribution in [3.05, 3.63) is 58.9 Å². The number of amides is 1. The number of hydrogen-bond acceptors (Lipinski definition) is 4. The number of nitrogens with zero attached hydrogens (tertiary/aromatic N) is 2. The van der Waals surface area contributed by atoms with E-state index in [1.165, 1.54) is 6.20 Å². The molecule has 0 bridgehead atoms. The number of nitrogen functional groups attached to an aromatic ring is 1. The van der Waals surface area contributed by atoms with Crippen molar-refractivity contribution in [2.75, 3.05) is 12.5 Å². The van der Waals surface area contributed by atoms with Gasteiger partial charge in [-0.25, -0.2) is 0 Å². The van der Waals surface area contributed by atoms with E-state index in [4.69, 9.17) is 17.4 Å². The number of benzene rings is 1. The SMILES string of the molecule is CN(Cc1cccc(Cl)c1)C(=O)c1cc(NN)ccn1. The predicted octanol–water partition coefficient (Wildman–Crippen LogP) is 2.29. The first-order valence-electron chi connectivity index (χ1n) is 6.02. The maximum Gasteiger partial charge on any atom is 0.272 e. The third kappa shape index (κ3) is 3.46. The van der Waals surface area contributed by atoms with E-state index in [0.29, 0.717) is 22.9 Å². The molecular weight excluding hydrogens is 276 g/mol. The number of rotatable bonds is 4. The minimum Gasteiger partial charge on any atom is -0.336 e. The quantitative estimate of drug-likeness (QED) is 0.669. The van der Waals surface area contributed by atoms with Crippen LogP contribution in [0.5, 0.6) is 0 Å². The van der Waals surface area contributed by atoms with Crippen LogP contribution in [0.2, 0.25) is 5.02 Å². The highest BCUT2D eigenvalue weighted by atomic mass is 35.5. The lowest BCUT2D eigenvalue weighted by Crippen LogP contribution is -2.27. The zero-order chi connectivity index (χ0) is 14.5. The maximum absolute atomic E-state index is 12.3. The number of nitrogens with two attached hydrogens (primary N) is 1. The summed E-state index contributed by atoms with van der Waals surface area (Å²) in [6.07, 6.45) is 1.54. The Morgan fingerprint density at radius 1 is 1.40 bits per heavy atom. The van der Waals surface area contributed by atoms with E-state index in [2.05, 4.69) is 10.4 Å². The summed E-state index contributed by atoms with van der Waals surface area (Å²) < 4.78 is 0. The number of halogens is 1. The van der Waals surface area contributed by atoms with Crippen molar-refractivity contribution < 1.29 is 4.79 Å². The maximum atomic E-state index is 12.3. The largest absolute Gasteiger partial charge is 0.336 e. The Hall–Kier alpha value is -2.11. The molecule has 0 aliphatic heterocycles. The number of nitrogens with one attached hydrogen (secondary N) is 1. The summed E-state index contributed by atoms with van der Waals surface area (Å²) in [5.41, 5.74) is 4.43. The lowest BCUT2D eigenvalue weighted by atomic mass is 10.2. The zero-order valence-corrected chi connectivity index (χ0v) is 11.8. The molecule has 0 saturated carbocycles. The van der Waals surface area contributed by atoms with Crippen LogP contribution in [0.1, 0.15) is 16.1 Å². The Labute approximate surface area is 122 Å². The van der Waals surface area contributed by atoms with Gasteiger partial charge in [-0.3, -0.25) is 15.6 Å². The number of aromatic nitrogens is 1. The molecule has 0 atom stereocenters. The topological polar surface area (TPSA) is 71.2 Å². The molecule has 0 fully saturated rings. The molecular formula is C14H15ClN4O. The van der Waals surface area contributed by atoms with Crippen LogP contribution in [-0.2, 0) is 6.54 Å². The predicted molar refractivity (Wildman–Crippen MR) is 79.3 cm³/mol. The van der Waals surface area contributed by atoms with Crippen LogP contribution in [0.4, 0.5) is 5.69 Å². The van der Waals surface area contributed by atoms with Crippen molar-refractivity contribution in [1.29, 1.82) is 0 Å². The van der Waals surface area contributed by atoms with Gasteiger partial charge in [-0.05, 0) is 29.8 Å². The average molecular weight is 291 g/mol. The summed E-state index contributed by atoms with van der Waals surface area (Å²) in [5, 5.41) is 0.649. The van der Waals surface area contributed by atoms with Gasteiger partial charge in [-0.15, -0.1) is 0 Å². The fraction of sp³-hybridized carbons (Fsp3) is 0.143. The van der Waals surface area contributed by atoms with E-state index in [0.717, 1.165) is 5.56 Å². The third-order valence-corrected chi connectivity index (χ3v) is 3.04. The second kappa shape index (κ2) is 6.36. The van der Waals surface area contributed by atoms with Crippen molar-refractivity contribution in [3.63, 3.8) is 0 Å². The number of hydrogen-bond donors (Lipinski definition) is 2. The van der Waals surface area contributed by atoms with Gasteiger partial charge < -0.3 is 10.3 Å². The van der Waals surface area contributed by atoms with E-state index in [-0.39, 0.29) is 5.91 Å². The van der Waals surface area contributed by atoms with Crippen LogP contribution in [-0.4, -0.2) is 22.8 Å². The monoisotopic (exact) mass is 290 g/mol. The van der Waals surface area contributed by atoms with Gasteiger partial charge in [0.15, 0.2) is 0 Å². The van der Waals surface area contributed by atoms with Crippen LogP contribution in [0.25, 0.3) is 0 Å². The lowest BCUT2D eigenvalue weighted by Gasteiger charge is -2.17. The van der Waals surface area contributed by atoms with Crippen molar-refractivity contribution >= 4 is 23.2 Å². The molecule has 0 aliphatic rings. The highest BCUT2D eigenvalue weighted by molar-refractivity contribution is 6.30. The molecule has 0 aliphatic carbocycles. The van der Waals surface area contributed by atoms with E-state index in [1.54, 1.807) is 30.1 Å². The molecule has 0 spiro atoms. The van der Waals surface area contributed by atoms with E-state index in [9.17, 15) is 4.79 Å². The third-order valence-electron chi connectivity index (χ3n) is 2.80. The standard InChI is InChI=1S/C14H15ClN4O/c1-19(9-10-3-2-4-11(15)7-10)14(20)13-8-12(18-16)5-6-17-13/h2-8H,9,16H2,1H3,(H,17,18). The zero-order valence-electron chi connectivity index (χ0n) is 11.0. The average Bonchev–Trinajstić information content (AvgIpc) is 2.46. The highest BCUT2D eigenvalue weighted by Gasteiger charge is 2.14. The molecule has 1 aromatic heterocycles. The molecule has 0 radical (unpaired) electrons. The van der Waals surface area contributed by atoms with Crippen molar-refractivity contribution in [2.45, 2.75) is 6.54 Å². The van der Waals surface area contributed by atoms with Crippen molar-refractivity contribution in [3.8, 4) is 0 Å². The number of pyridine rings is 1. The summed E-state index contributed by atoms with van der Waals surface area (Å²) in [4.78, 5) is 17.9. The summed E-state index contributed by atoms with van der Waals surface area (Å²) in [7, 11) is 1.72. The van der Waals surface area contributed by atoms with Crippen molar-refractivity contribution in [1.82, 2.24) is 9.88 Å². The van der Waals surface area contributed by atoms with Gasteiger partial charge in [0.05, 0.1) is 5.69 Å². The molecule has 3 N–H and O–H groups in total. The van der Waals surface area contributed by atoms with Crippen LogP contribution in [0.15, 0.2) is 42.6 Å². The van der Waals surface area contributed by atoms with Gasteiger partial charge in [-0.2, -0.15) is 0 Å².